The number of nitrogens with zero attached hydrogens (tertiary/aromatic N) is 2. The first-order chi connectivity index (χ1) is 9.53. The van der Waals surface area contributed by atoms with Gasteiger partial charge in [0.25, 0.3) is 0 Å². The molecule has 0 aromatic carbocycles. The smallest absolute Gasteiger partial charge is 0.343 e. The fourth-order valence-corrected chi connectivity index (χ4v) is 2.19. The van der Waals surface area contributed by atoms with Crippen molar-refractivity contribution in [1.82, 2.24) is 9.97 Å². The molecule has 1 atom stereocenters. The highest BCUT2D eigenvalue weighted by Gasteiger charge is 2.21. The Morgan fingerprint density at radius 3 is 2.70 bits per heavy atom. The molecule has 0 saturated heterocycles. The number of nitrogens with one attached hydrogen (secondary N) is 1. The molecular formula is C13H20ClN3O3. The third-order valence-electron chi connectivity index (χ3n) is 2.91. The van der Waals surface area contributed by atoms with Crippen LogP contribution in [0.2, 0.25) is 5.28 Å². The third kappa shape index (κ3) is 4.31. The zero-order valence-electron chi connectivity index (χ0n) is 11.9. The van der Waals surface area contributed by atoms with Crippen LogP contribution in [0.1, 0.15) is 42.2 Å². The van der Waals surface area contributed by atoms with Crippen molar-refractivity contribution < 1.29 is 14.6 Å². The summed E-state index contributed by atoms with van der Waals surface area (Å²) in [6.07, 6.45) is 2.36. The van der Waals surface area contributed by atoms with E-state index in [1.54, 1.807) is 6.92 Å². The molecule has 1 aromatic rings. The molecule has 0 saturated carbocycles. The van der Waals surface area contributed by atoms with Crippen molar-refractivity contribution in [3.05, 3.63) is 16.5 Å². The van der Waals surface area contributed by atoms with Crippen LogP contribution in [0.25, 0.3) is 0 Å². The maximum absolute atomic E-state index is 11.8. The second-order valence-electron chi connectivity index (χ2n) is 4.44. The van der Waals surface area contributed by atoms with Crippen LogP contribution in [0.5, 0.6) is 0 Å². The number of methoxy groups -OCH3 is 1. The Bertz CT molecular complexity index is 462. The summed E-state index contributed by atoms with van der Waals surface area (Å²) >= 11 is 5.84. The van der Waals surface area contributed by atoms with Gasteiger partial charge in [0, 0.05) is 12.6 Å². The van der Waals surface area contributed by atoms with Crippen LogP contribution in [-0.2, 0) is 4.74 Å². The lowest BCUT2D eigenvalue weighted by molar-refractivity contribution is 0.0600. The van der Waals surface area contributed by atoms with Gasteiger partial charge in [0.05, 0.1) is 12.8 Å². The van der Waals surface area contributed by atoms with Crippen molar-refractivity contribution in [1.29, 1.82) is 0 Å². The molecular weight excluding hydrogens is 282 g/mol. The van der Waals surface area contributed by atoms with Gasteiger partial charge in [-0.3, -0.25) is 0 Å². The summed E-state index contributed by atoms with van der Waals surface area (Å²) in [7, 11) is 1.30. The predicted molar refractivity (Wildman–Crippen MR) is 77.1 cm³/mol. The number of hydrogen-bond donors (Lipinski definition) is 2. The minimum atomic E-state index is -0.513. The van der Waals surface area contributed by atoms with E-state index in [9.17, 15) is 4.79 Å². The Balaban J connectivity index is 3.10. The normalized spacial score (nSPS) is 12.1. The molecule has 20 heavy (non-hydrogen) atoms. The van der Waals surface area contributed by atoms with E-state index in [1.807, 2.05) is 6.92 Å². The molecule has 0 unspecified atom stereocenters. The zero-order valence-corrected chi connectivity index (χ0v) is 12.7. The fourth-order valence-electron chi connectivity index (χ4n) is 1.98. The molecule has 1 aromatic heterocycles. The number of rotatable bonds is 7. The van der Waals surface area contributed by atoms with Gasteiger partial charge >= 0.3 is 5.97 Å². The number of ether oxygens (including phenoxy) is 1. The number of carbonyl (C=O) groups is 1. The third-order valence-corrected chi connectivity index (χ3v) is 3.08. The Labute approximate surface area is 123 Å². The summed E-state index contributed by atoms with van der Waals surface area (Å²) in [6.45, 7) is 3.78. The predicted octanol–water partition coefficient (Wildman–Crippen LogP) is 2.19. The highest BCUT2D eigenvalue weighted by Crippen LogP contribution is 2.21. The van der Waals surface area contributed by atoms with Crippen molar-refractivity contribution in [2.45, 2.75) is 39.2 Å². The number of aryl methyl sites for hydroxylation is 1. The van der Waals surface area contributed by atoms with E-state index in [1.165, 1.54) is 7.11 Å². The molecule has 1 heterocycles. The van der Waals surface area contributed by atoms with Crippen molar-refractivity contribution in [2.75, 3.05) is 19.0 Å². The van der Waals surface area contributed by atoms with Gasteiger partial charge in [0.1, 0.15) is 11.4 Å². The summed E-state index contributed by atoms with van der Waals surface area (Å²) in [5, 5.41) is 12.3. The van der Waals surface area contributed by atoms with Crippen molar-refractivity contribution >= 4 is 23.4 Å². The van der Waals surface area contributed by atoms with Gasteiger partial charge in [-0.15, -0.1) is 0 Å². The summed E-state index contributed by atoms with van der Waals surface area (Å²) in [5.41, 5.74) is 0.731. The Morgan fingerprint density at radius 1 is 1.45 bits per heavy atom. The molecule has 0 aliphatic carbocycles. The highest BCUT2D eigenvalue weighted by molar-refractivity contribution is 6.28. The molecule has 0 spiro atoms. The first kappa shape index (κ1) is 16.7. The van der Waals surface area contributed by atoms with Gasteiger partial charge in [0.2, 0.25) is 5.28 Å². The van der Waals surface area contributed by atoms with Gasteiger partial charge in [0.15, 0.2) is 0 Å². The number of anilines is 1. The molecule has 0 aliphatic rings. The topological polar surface area (TPSA) is 84.3 Å². The second-order valence-corrected chi connectivity index (χ2v) is 4.77. The van der Waals surface area contributed by atoms with E-state index in [-0.39, 0.29) is 23.5 Å². The van der Waals surface area contributed by atoms with Crippen molar-refractivity contribution in [3.8, 4) is 0 Å². The van der Waals surface area contributed by atoms with E-state index in [0.717, 1.165) is 12.8 Å². The molecule has 0 fully saturated rings. The average molecular weight is 302 g/mol. The van der Waals surface area contributed by atoms with E-state index >= 15 is 0 Å². The molecule has 6 nitrogen and oxygen atoms in total. The molecule has 1 rings (SSSR count). The van der Waals surface area contributed by atoms with Crippen LogP contribution in [0.4, 0.5) is 5.82 Å². The van der Waals surface area contributed by atoms with Gasteiger partial charge in [-0.2, -0.15) is 4.98 Å². The second kappa shape index (κ2) is 8.01. The maximum atomic E-state index is 11.8. The lowest BCUT2D eigenvalue weighted by Crippen LogP contribution is -2.24. The van der Waals surface area contributed by atoms with E-state index in [4.69, 9.17) is 21.4 Å². The molecule has 0 bridgehead atoms. The monoisotopic (exact) mass is 301 g/mol. The summed E-state index contributed by atoms with van der Waals surface area (Å²) < 4.78 is 4.75. The van der Waals surface area contributed by atoms with Crippen molar-refractivity contribution in [2.24, 2.45) is 0 Å². The number of carbonyl (C=O) groups excluding carboxylic acids is 1. The standard InChI is InChI=1S/C13H20ClN3O3/c1-4-5-9(6-7-18)16-11-10(12(19)20-3)8(2)15-13(14)17-11/h9,18H,4-7H2,1-3H3,(H,15,16,17)/t9-/m0/s1. The van der Waals surface area contributed by atoms with Gasteiger partial charge < -0.3 is 15.2 Å². The number of hydrogen-bond acceptors (Lipinski definition) is 6. The Morgan fingerprint density at radius 2 is 2.15 bits per heavy atom. The summed E-state index contributed by atoms with van der Waals surface area (Å²) in [4.78, 5) is 19.9. The van der Waals surface area contributed by atoms with Gasteiger partial charge in [-0.25, -0.2) is 9.78 Å². The Hall–Kier alpha value is -1.40. The van der Waals surface area contributed by atoms with Crippen LogP contribution < -0.4 is 5.32 Å². The number of aliphatic hydroxyl groups is 1. The first-order valence-corrected chi connectivity index (χ1v) is 6.91. The minimum Gasteiger partial charge on any atom is -0.465 e. The molecule has 112 valence electrons. The zero-order chi connectivity index (χ0) is 15.1. The lowest BCUT2D eigenvalue weighted by Gasteiger charge is -2.19. The SMILES string of the molecule is CCC[C@@H](CCO)Nc1nc(Cl)nc(C)c1C(=O)OC. The average Bonchev–Trinajstić information content (AvgIpc) is 2.38. The van der Waals surface area contributed by atoms with Crippen LogP contribution >= 0.6 is 11.6 Å². The summed E-state index contributed by atoms with van der Waals surface area (Å²) in [5.74, 6) is -0.165. The number of aliphatic hydroxyl groups excluding tert-OH is 1. The first-order valence-electron chi connectivity index (χ1n) is 6.53. The number of esters is 1. The minimum absolute atomic E-state index is 0.0128. The van der Waals surface area contributed by atoms with Crippen LogP contribution in [0, 0.1) is 6.92 Å². The van der Waals surface area contributed by atoms with Crippen LogP contribution in [0.15, 0.2) is 0 Å². The van der Waals surface area contributed by atoms with E-state index in [2.05, 4.69) is 15.3 Å². The largest absolute Gasteiger partial charge is 0.465 e. The Kier molecular flexibility index (Phi) is 6.67. The number of halogens is 1. The van der Waals surface area contributed by atoms with Crippen LogP contribution in [0.3, 0.4) is 0 Å². The number of aromatic nitrogens is 2. The van der Waals surface area contributed by atoms with Crippen molar-refractivity contribution in [3.63, 3.8) is 0 Å². The van der Waals surface area contributed by atoms with E-state index < -0.39 is 5.97 Å². The van der Waals surface area contributed by atoms with E-state index in [0.29, 0.717) is 17.9 Å². The molecule has 7 heteroatoms. The lowest BCUT2D eigenvalue weighted by atomic mass is 10.1. The fraction of sp³-hybridized carbons (Fsp3) is 0.615. The van der Waals surface area contributed by atoms with Gasteiger partial charge in [-0.05, 0) is 31.4 Å². The van der Waals surface area contributed by atoms with Crippen LogP contribution in [-0.4, -0.2) is 40.8 Å². The molecule has 0 amide bonds. The van der Waals surface area contributed by atoms with Gasteiger partial charge in [-0.1, -0.05) is 13.3 Å². The maximum Gasteiger partial charge on any atom is 0.343 e. The highest BCUT2D eigenvalue weighted by atomic mass is 35.5. The summed E-state index contributed by atoms with van der Waals surface area (Å²) in [6, 6.07) is 0.0128. The molecule has 0 radical (unpaired) electrons. The molecule has 0 aliphatic heterocycles. The quantitative estimate of drug-likeness (QED) is 0.593. The molecule has 2 N–H and O–H groups in total.